The molecule has 0 aliphatic rings. The number of rotatable bonds is 2. The minimum atomic E-state index is -0.225. The third kappa shape index (κ3) is 3.15. The summed E-state index contributed by atoms with van der Waals surface area (Å²) in [7, 11) is 0. The molecule has 82 valence electrons. The van der Waals surface area contributed by atoms with Crippen molar-refractivity contribution >= 4 is 5.78 Å². The fourth-order valence-corrected chi connectivity index (χ4v) is 1.54. The lowest BCUT2D eigenvalue weighted by atomic mass is 9.85. The highest BCUT2D eigenvalue weighted by molar-refractivity contribution is 5.78. The Kier molecular flexibility index (Phi) is 3.28. The van der Waals surface area contributed by atoms with Gasteiger partial charge in [-0.05, 0) is 29.5 Å². The number of carbonyl (C=O) groups is 1. The molecule has 0 spiro atoms. The Morgan fingerprint density at radius 1 is 1.33 bits per heavy atom. The number of carbonyl (C=O) groups excluding carboxylic acids is 1. The zero-order chi connectivity index (χ0) is 11.6. The van der Waals surface area contributed by atoms with Gasteiger partial charge in [-0.2, -0.15) is 0 Å². The molecule has 0 aromatic heterocycles. The number of Topliss-reactive ketones (excluding diaryl/α,β-unsaturated/α-hetero) is 1. The second-order valence-electron chi connectivity index (χ2n) is 4.94. The zero-order valence-electron chi connectivity index (χ0n) is 9.73. The smallest absolute Gasteiger partial charge is 0.134 e. The van der Waals surface area contributed by atoms with Crippen molar-refractivity contribution in [2.24, 2.45) is 0 Å². The van der Waals surface area contributed by atoms with Gasteiger partial charge in [-0.1, -0.05) is 32.9 Å². The Bertz CT molecular complexity index is 375. The number of ketones is 1. The van der Waals surface area contributed by atoms with Crippen molar-refractivity contribution in [3.05, 3.63) is 35.1 Å². The van der Waals surface area contributed by atoms with Crippen molar-refractivity contribution in [3.8, 4) is 0 Å². The van der Waals surface area contributed by atoms with Gasteiger partial charge in [-0.3, -0.25) is 4.79 Å². The zero-order valence-corrected chi connectivity index (χ0v) is 9.73. The Labute approximate surface area is 90.3 Å². The quantitative estimate of drug-likeness (QED) is 0.729. The average molecular weight is 208 g/mol. The fraction of sp³-hybridized carbons (Fsp3) is 0.462. The van der Waals surface area contributed by atoms with Crippen molar-refractivity contribution in [3.63, 3.8) is 0 Å². The molecule has 0 aliphatic carbocycles. The van der Waals surface area contributed by atoms with E-state index in [0.29, 0.717) is 12.0 Å². The van der Waals surface area contributed by atoms with Gasteiger partial charge >= 0.3 is 0 Å². The van der Waals surface area contributed by atoms with Gasteiger partial charge in [-0.15, -0.1) is 0 Å². The van der Waals surface area contributed by atoms with Crippen LogP contribution in [0.4, 0.5) is 4.39 Å². The molecule has 0 bridgehead atoms. The fourth-order valence-electron chi connectivity index (χ4n) is 1.54. The normalized spacial score (nSPS) is 11.5. The van der Waals surface area contributed by atoms with Gasteiger partial charge in [0.15, 0.2) is 0 Å². The SMILES string of the molecule is CC(=O)Cc1ccc(F)c(C(C)(C)C)c1. The van der Waals surface area contributed by atoms with Crippen LogP contribution in [0, 0.1) is 5.82 Å². The van der Waals surface area contributed by atoms with Crippen molar-refractivity contribution in [2.45, 2.75) is 39.5 Å². The highest BCUT2D eigenvalue weighted by atomic mass is 19.1. The molecule has 0 atom stereocenters. The summed E-state index contributed by atoms with van der Waals surface area (Å²) < 4.78 is 13.5. The van der Waals surface area contributed by atoms with Gasteiger partial charge in [0.05, 0.1) is 0 Å². The second-order valence-corrected chi connectivity index (χ2v) is 4.94. The van der Waals surface area contributed by atoms with Gasteiger partial charge in [0.25, 0.3) is 0 Å². The van der Waals surface area contributed by atoms with E-state index in [1.54, 1.807) is 19.1 Å². The van der Waals surface area contributed by atoms with E-state index in [2.05, 4.69) is 0 Å². The first-order valence-electron chi connectivity index (χ1n) is 5.09. The van der Waals surface area contributed by atoms with Gasteiger partial charge in [-0.25, -0.2) is 4.39 Å². The van der Waals surface area contributed by atoms with E-state index >= 15 is 0 Å². The predicted molar refractivity (Wildman–Crippen MR) is 59.5 cm³/mol. The molecule has 1 nitrogen and oxygen atoms in total. The van der Waals surface area contributed by atoms with Crippen LogP contribution in [-0.2, 0) is 16.6 Å². The third-order valence-corrected chi connectivity index (χ3v) is 2.29. The second kappa shape index (κ2) is 4.13. The summed E-state index contributed by atoms with van der Waals surface area (Å²) in [6, 6.07) is 4.90. The monoisotopic (exact) mass is 208 g/mol. The average Bonchev–Trinajstić information content (AvgIpc) is 2.05. The van der Waals surface area contributed by atoms with E-state index in [4.69, 9.17) is 0 Å². The topological polar surface area (TPSA) is 17.1 Å². The number of halogens is 1. The van der Waals surface area contributed by atoms with E-state index in [1.807, 2.05) is 20.8 Å². The Hall–Kier alpha value is -1.18. The van der Waals surface area contributed by atoms with Crippen LogP contribution in [0.15, 0.2) is 18.2 Å². The molecule has 0 N–H and O–H groups in total. The van der Waals surface area contributed by atoms with Crippen LogP contribution in [0.3, 0.4) is 0 Å². The first-order valence-corrected chi connectivity index (χ1v) is 5.09. The molecule has 0 aliphatic heterocycles. The molecule has 0 saturated heterocycles. The molecule has 0 fully saturated rings. The largest absolute Gasteiger partial charge is 0.300 e. The molecule has 2 heteroatoms. The molecule has 1 rings (SSSR count). The molecule has 0 heterocycles. The first kappa shape index (κ1) is 11.9. The summed E-state index contributed by atoms with van der Waals surface area (Å²) in [5.41, 5.74) is 1.33. The van der Waals surface area contributed by atoms with Gasteiger partial charge in [0.2, 0.25) is 0 Å². The summed E-state index contributed by atoms with van der Waals surface area (Å²) in [5, 5.41) is 0. The van der Waals surface area contributed by atoms with Crippen molar-refractivity contribution < 1.29 is 9.18 Å². The third-order valence-electron chi connectivity index (χ3n) is 2.29. The molecular weight excluding hydrogens is 191 g/mol. The summed E-state index contributed by atoms with van der Waals surface area (Å²) >= 11 is 0. The summed E-state index contributed by atoms with van der Waals surface area (Å²) in [4.78, 5) is 11.0. The Morgan fingerprint density at radius 3 is 2.40 bits per heavy atom. The van der Waals surface area contributed by atoms with E-state index in [-0.39, 0.29) is 17.0 Å². The van der Waals surface area contributed by atoms with Crippen LogP contribution in [-0.4, -0.2) is 5.78 Å². The van der Waals surface area contributed by atoms with Crippen molar-refractivity contribution in [1.29, 1.82) is 0 Å². The molecule has 0 radical (unpaired) electrons. The molecule has 1 aromatic rings. The number of hydrogen-bond acceptors (Lipinski definition) is 1. The standard InChI is InChI=1S/C13H17FO/c1-9(15)7-10-5-6-12(14)11(8-10)13(2,3)4/h5-6,8H,7H2,1-4H3. The number of hydrogen-bond donors (Lipinski definition) is 0. The van der Waals surface area contributed by atoms with Crippen molar-refractivity contribution in [2.75, 3.05) is 0 Å². The van der Waals surface area contributed by atoms with E-state index in [0.717, 1.165) is 5.56 Å². The first-order chi connectivity index (χ1) is 6.80. The minimum Gasteiger partial charge on any atom is -0.300 e. The van der Waals surface area contributed by atoms with E-state index in [9.17, 15) is 9.18 Å². The van der Waals surface area contributed by atoms with Crippen LogP contribution in [0.25, 0.3) is 0 Å². The Balaban J connectivity index is 3.11. The molecule has 1 aromatic carbocycles. The van der Waals surface area contributed by atoms with Crippen LogP contribution >= 0.6 is 0 Å². The van der Waals surface area contributed by atoms with Crippen LogP contribution in [0.1, 0.15) is 38.8 Å². The van der Waals surface area contributed by atoms with E-state index < -0.39 is 0 Å². The lowest BCUT2D eigenvalue weighted by Gasteiger charge is -2.20. The predicted octanol–water partition coefficient (Wildman–Crippen LogP) is 3.25. The van der Waals surface area contributed by atoms with Gasteiger partial charge in [0.1, 0.15) is 11.6 Å². The lowest BCUT2D eigenvalue weighted by molar-refractivity contribution is -0.116. The summed E-state index contributed by atoms with van der Waals surface area (Å²) in [6.07, 6.45) is 0.378. The van der Waals surface area contributed by atoms with Crippen molar-refractivity contribution in [1.82, 2.24) is 0 Å². The van der Waals surface area contributed by atoms with Crippen LogP contribution in [0.2, 0.25) is 0 Å². The highest BCUT2D eigenvalue weighted by Crippen LogP contribution is 2.26. The maximum atomic E-state index is 13.5. The van der Waals surface area contributed by atoms with Crippen LogP contribution in [0.5, 0.6) is 0 Å². The number of benzene rings is 1. The van der Waals surface area contributed by atoms with Gasteiger partial charge in [0, 0.05) is 6.42 Å². The molecule has 0 saturated carbocycles. The van der Waals surface area contributed by atoms with Gasteiger partial charge < -0.3 is 0 Å². The van der Waals surface area contributed by atoms with E-state index in [1.165, 1.54) is 6.07 Å². The lowest BCUT2D eigenvalue weighted by Crippen LogP contribution is -2.14. The Morgan fingerprint density at radius 2 is 1.93 bits per heavy atom. The molecule has 15 heavy (non-hydrogen) atoms. The highest BCUT2D eigenvalue weighted by Gasteiger charge is 2.18. The molecular formula is C13H17FO. The maximum absolute atomic E-state index is 13.5. The minimum absolute atomic E-state index is 0.0986. The summed E-state index contributed by atoms with van der Waals surface area (Å²) in [6.45, 7) is 7.43. The maximum Gasteiger partial charge on any atom is 0.134 e. The summed E-state index contributed by atoms with van der Waals surface area (Å²) in [5.74, 6) is -0.101. The molecule has 0 unspecified atom stereocenters. The van der Waals surface area contributed by atoms with Crippen LogP contribution < -0.4 is 0 Å². The molecule has 0 amide bonds.